The topological polar surface area (TPSA) is 86.9 Å². The SMILES string of the molecule is CC(C)CCNC(=O)NC(=O)CSc1nc2ccc(Cl)cc2[nH]1. The van der Waals surface area contributed by atoms with Gasteiger partial charge in [0.2, 0.25) is 5.91 Å². The molecule has 124 valence electrons. The summed E-state index contributed by atoms with van der Waals surface area (Å²) in [5.41, 5.74) is 1.59. The van der Waals surface area contributed by atoms with Gasteiger partial charge >= 0.3 is 6.03 Å². The average Bonchev–Trinajstić information content (AvgIpc) is 2.86. The number of rotatable bonds is 6. The third-order valence-corrected chi connectivity index (χ3v) is 4.13. The van der Waals surface area contributed by atoms with Crippen molar-refractivity contribution in [2.24, 2.45) is 5.92 Å². The number of imide groups is 1. The molecule has 1 heterocycles. The third kappa shape index (κ3) is 5.76. The smallest absolute Gasteiger partial charge is 0.321 e. The number of thioether (sulfide) groups is 1. The normalized spacial score (nSPS) is 11.0. The number of fused-ring (bicyclic) bond motifs is 1. The van der Waals surface area contributed by atoms with Crippen LogP contribution in [0.25, 0.3) is 11.0 Å². The van der Waals surface area contributed by atoms with Gasteiger partial charge < -0.3 is 10.3 Å². The number of nitrogens with zero attached hydrogens (tertiary/aromatic N) is 1. The van der Waals surface area contributed by atoms with Crippen LogP contribution in [-0.4, -0.2) is 34.2 Å². The van der Waals surface area contributed by atoms with Gasteiger partial charge in [-0.1, -0.05) is 37.2 Å². The van der Waals surface area contributed by atoms with Crippen LogP contribution in [0.15, 0.2) is 23.4 Å². The summed E-state index contributed by atoms with van der Waals surface area (Å²) in [5, 5.41) is 6.17. The molecule has 0 atom stereocenters. The first-order valence-electron chi connectivity index (χ1n) is 7.30. The number of nitrogens with one attached hydrogen (secondary N) is 3. The maximum Gasteiger partial charge on any atom is 0.321 e. The molecule has 0 unspecified atom stereocenters. The monoisotopic (exact) mass is 354 g/mol. The van der Waals surface area contributed by atoms with Gasteiger partial charge in [-0.15, -0.1) is 0 Å². The molecule has 2 aromatic rings. The second kappa shape index (κ2) is 8.21. The van der Waals surface area contributed by atoms with Crippen molar-refractivity contribution in [3.05, 3.63) is 23.2 Å². The fourth-order valence-corrected chi connectivity index (χ4v) is 2.70. The van der Waals surface area contributed by atoms with Gasteiger partial charge in [0.25, 0.3) is 0 Å². The first kappa shape index (κ1) is 17.6. The Morgan fingerprint density at radius 1 is 1.39 bits per heavy atom. The van der Waals surface area contributed by atoms with Crippen molar-refractivity contribution in [1.82, 2.24) is 20.6 Å². The Labute approximate surface area is 143 Å². The van der Waals surface area contributed by atoms with E-state index in [1.807, 2.05) is 0 Å². The summed E-state index contributed by atoms with van der Waals surface area (Å²) in [6, 6.07) is 4.87. The van der Waals surface area contributed by atoms with E-state index in [-0.39, 0.29) is 11.7 Å². The van der Waals surface area contributed by atoms with Gasteiger partial charge in [-0.05, 0) is 30.5 Å². The summed E-state index contributed by atoms with van der Waals surface area (Å²) in [6.07, 6.45) is 0.873. The molecule has 0 radical (unpaired) electrons. The average molecular weight is 355 g/mol. The Hall–Kier alpha value is -1.73. The summed E-state index contributed by atoms with van der Waals surface area (Å²) in [7, 11) is 0. The van der Waals surface area contributed by atoms with E-state index in [1.54, 1.807) is 18.2 Å². The fraction of sp³-hybridized carbons (Fsp3) is 0.400. The van der Waals surface area contributed by atoms with Gasteiger partial charge in [0, 0.05) is 11.6 Å². The number of halogens is 1. The van der Waals surface area contributed by atoms with Gasteiger partial charge in [-0.2, -0.15) is 0 Å². The molecule has 0 fully saturated rings. The van der Waals surface area contributed by atoms with Crippen molar-refractivity contribution in [2.45, 2.75) is 25.4 Å². The molecular weight excluding hydrogens is 336 g/mol. The molecule has 0 aliphatic rings. The molecule has 23 heavy (non-hydrogen) atoms. The van der Waals surface area contributed by atoms with Crippen LogP contribution in [0, 0.1) is 5.92 Å². The Bertz CT molecular complexity index is 702. The number of benzene rings is 1. The molecule has 3 amide bonds. The Kier molecular flexibility index (Phi) is 6.29. The van der Waals surface area contributed by atoms with Crippen LogP contribution in [-0.2, 0) is 4.79 Å². The summed E-state index contributed by atoms with van der Waals surface area (Å²) in [4.78, 5) is 30.7. The van der Waals surface area contributed by atoms with Crippen molar-refractivity contribution in [1.29, 1.82) is 0 Å². The molecule has 2 rings (SSSR count). The number of hydrogen-bond donors (Lipinski definition) is 3. The minimum Gasteiger partial charge on any atom is -0.338 e. The van der Waals surface area contributed by atoms with E-state index in [9.17, 15) is 9.59 Å². The number of aromatic nitrogens is 2. The first-order chi connectivity index (χ1) is 10.9. The third-order valence-electron chi connectivity index (χ3n) is 3.02. The second-order valence-corrected chi connectivity index (χ2v) is 6.88. The van der Waals surface area contributed by atoms with E-state index < -0.39 is 6.03 Å². The predicted octanol–water partition coefficient (Wildman–Crippen LogP) is 3.18. The number of amides is 3. The molecule has 1 aromatic carbocycles. The number of carbonyl (C=O) groups excluding carboxylic acids is 2. The van der Waals surface area contributed by atoms with Gasteiger partial charge in [-0.25, -0.2) is 9.78 Å². The van der Waals surface area contributed by atoms with E-state index in [2.05, 4.69) is 34.4 Å². The standard InChI is InChI=1S/C15H19ClN4O2S/c1-9(2)5-6-17-14(22)20-13(21)8-23-15-18-11-4-3-10(16)7-12(11)19-15/h3-4,7,9H,5-6,8H2,1-2H3,(H,18,19)(H2,17,20,21,22). The highest BCUT2D eigenvalue weighted by atomic mass is 35.5. The van der Waals surface area contributed by atoms with Crippen molar-refractivity contribution < 1.29 is 9.59 Å². The van der Waals surface area contributed by atoms with Crippen LogP contribution in [0.3, 0.4) is 0 Å². The quantitative estimate of drug-likeness (QED) is 0.695. The maximum absolute atomic E-state index is 11.7. The van der Waals surface area contributed by atoms with E-state index in [1.165, 1.54) is 11.8 Å². The molecule has 0 aliphatic carbocycles. The van der Waals surface area contributed by atoms with Gasteiger partial charge in [0.1, 0.15) is 0 Å². The van der Waals surface area contributed by atoms with E-state index >= 15 is 0 Å². The molecule has 0 aliphatic heterocycles. The number of imidazole rings is 1. The second-order valence-electron chi connectivity index (χ2n) is 5.48. The van der Waals surface area contributed by atoms with Crippen LogP contribution in [0.4, 0.5) is 4.79 Å². The van der Waals surface area contributed by atoms with Crippen molar-refractivity contribution in [2.75, 3.05) is 12.3 Å². The summed E-state index contributed by atoms with van der Waals surface area (Å²) in [5.74, 6) is 0.240. The lowest BCUT2D eigenvalue weighted by Crippen LogP contribution is -2.40. The zero-order valence-corrected chi connectivity index (χ0v) is 14.6. The van der Waals surface area contributed by atoms with E-state index in [0.29, 0.717) is 22.6 Å². The fourth-order valence-electron chi connectivity index (χ4n) is 1.84. The lowest BCUT2D eigenvalue weighted by Gasteiger charge is -2.07. The van der Waals surface area contributed by atoms with Gasteiger partial charge in [-0.3, -0.25) is 10.1 Å². The van der Waals surface area contributed by atoms with Crippen molar-refractivity contribution in [3.63, 3.8) is 0 Å². The Balaban J connectivity index is 1.78. The molecule has 0 bridgehead atoms. The van der Waals surface area contributed by atoms with Crippen molar-refractivity contribution in [3.8, 4) is 0 Å². The molecule has 0 saturated carbocycles. The minimum atomic E-state index is -0.465. The molecule has 0 saturated heterocycles. The lowest BCUT2D eigenvalue weighted by atomic mass is 10.1. The highest BCUT2D eigenvalue weighted by Crippen LogP contribution is 2.21. The number of H-pyrrole nitrogens is 1. The maximum atomic E-state index is 11.7. The highest BCUT2D eigenvalue weighted by molar-refractivity contribution is 7.99. The molecule has 0 spiro atoms. The van der Waals surface area contributed by atoms with Crippen LogP contribution < -0.4 is 10.6 Å². The summed E-state index contributed by atoms with van der Waals surface area (Å²) < 4.78 is 0. The molecule has 3 N–H and O–H groups in total. The molecule has 8 heteroatoms. The van der Waals surface area contributed by atoms with Crippen LogP contribution in [0.2, 0.25) is 5.02 Å². The number of carbonyl (C=O) groups is 2. The van der Waals surface area contributed by atoms with E-state index in [4.69, 9.17) is 11.6 Å². The van der Waals surface area contributed by atoms with Gasteiger partial charge in [0.05, 0.1) is 16.8 Å². The molecular formula is C15H19ClN4O2S. The van der Waals surface area contributed by atoms with Crippen LogP contribution in [0.1, 0.15) is 20.3 Å². The van der Waals surface area contributed by atoms with Crippen LogP contribution >= 0.6 is 23.4 Å². The van der Waals surface area contributed by atoms with Crippen molar-refractivity contribution >= 4 is 46.3 Å². The van der Waals surface area contributed by atoms with E-state index in [0.717, 1.165) is 17.5 Å². The summed E-state index contributed by atoms with van der Waals surface area (Å²) in [6.45, 7) is 4.69. The Morgan fingerprint density at radius 3 is 2.91 bits per heavy atom. The Morgan fingerprint density at radius 2 is 2.17 bits per heavy atom. The molecule has 1 aromatic heterocycles. The number of hydrogen-bond acceptors (Lipinski definition) is 4. The summed E-state index contributed by atoms with van der Waals surface area (Å²) >= 11 is 7.14. The molecule has 6 nitrogen and oxygen atoms in total. The lowest BCUT2D eigenvalue weighted by molar-refractivity contribution is -0.117. The zero-order valence-electron chi connectivity index (χ0n) is 13.0. The number of aromatic amines is 1. The minimum absolute atomic E-state index is 0.102. The largest absolute Gasteiger partial charge is 0.338 e. The highest BCUT2D eigenvalue weighted by Gasteiger charge is 2.10. The predicted molar refractivity (Wildman–Crippen MR) is 92.8 cm³/mol. The van der Waals surface area contributed by atoms with Gasteiger partial charge in [0.15, 0.2) is 5.16 Å². The van der Waals surface area contributed by atoms with Crippen LogP contribution in [0.5, 0.6) is 0 Å². The number of urea groups is 1. The zero-order chi connectivity index (χ0) is 16.8. The first-order valence-corrected chi connectivity index (χ1v) is 8.66.